The third-order valence-corrected chi connectivity index (χ3v) is 3.19. The fourth-order valence-corrected chi connectivity index (χ4v) is 2.08. The first kappa shape index (κ1) is 13.5. The first-order valence-corrected chi connectivity index (χ1v) is 6.63. The van der Waals surface area contributed by atoms with Gasteiger partial charge in [0, 0.05) is 18.1 Å². The Hall–Kier alpha value is -1.97. The van der Waals surface area contributed by atoms with Gasteiger partial charge >= 0.3 is 0 Å². The number of amides is 1. The van der Waals surface area contributed by atoms with E-state index in [9.17, 15) is 4.79 Å². The lowest BCUT2D eigenvalue weighted by atomic mass is 10.1. The zero-order valence-corrected chi connectivity index (χ0v) is 11.4. The largest absolute Gasteiger partial charge is 0.493 e. The maximum Gasteiger partial charge on any atom is 0.222 e. The highest BCUT2D eigenvalue weighted by Gasteiger charge is 2.12. The predicted octanol–water partition coefficient (Wildman–Crippen LogP) is 2.55. The van der Waals surface area contributed by atoms with Crippen molar-refractivity contribution in [2.45, 2.75) is 26.8 Å². The summed E-state index contributed by atoms with van der Waals surface area (Å²) in [5.74, 6) is 0.431. The molecule has 4 heteroatoms. The van der Waals surface area contributed by atoms with Gasteiger partial charge in [0.05, 0.1) is 18.0 Å². The van der Waals surface area contributed by atoms with E-state index in [-0.39, 0.29) is 11.8 Å². The van der Waals surface area contributed by atoms with Gasteiger partial charge in [0.2, 0.25) is 5.91 Å². The molecule has 2 aromatic rings. The average molecular weight is 260 g/mol. The van der Waals surface area contributed by atoms with E-state index in [0.29, 0.717) is 13.2 Å². The maximum absolute atomic E-state index is 11.2. The summed E-state index contributed by atoms with van der Waals surface area (Å²) >= 11 is 0. The third kappa shape index (κ3) is 2.89. The molecule has 4 nitrogen and oxygen atoms in total. The molecule has 0 spiro atoms. The van der Waals surface area contributed by atoms with Gasteiger partial charge in [0.15, 0.2) is 0 Å². The maximum atomic E-state index is 11.2. The molecular weight excluding hydrogens is 240 g/mol. The van der Waals surface area contributed by atoms with E-state index in [1.165, 1.54) is 0 Å². The van der Waals surface area contributed by atoms with E-state index in [0.717, 1.165) is 23.1 Å². The molecule has 0 fully saturated rings. The van der Waals surface area contributed by atoms with Gasteiger partial charge in [-0.25, -0.2) is 0 Å². The summed E-state index contributed by atoms with van der Waals surface area (Å²) in [7, 11) is 0. The number of nitrogens with two attached hydrogens (primary N) is 1. The number of benzene rings is 1. The second-order valence-electron chi connectivity index (χ2n) is 4.81. The predicted molar refractivity (Wildman–Crippen MR) is 76.1 cm³/mol. The van der Waals surface area contributed by atoms with Crippen LogP contribution in [0.5, 0.6) is 5.75 Å². The van der Waals surface area contributed by atoms with Crippen LogP contribution in [-0.4, -0.2) is 17.1 Å². The van der Waals surface area contributed by atoms with Crippen LogP contribution in [0.3, 0.4) is 0 Å². The van der Waals surface area contributed by atoms with Crippen molar-refractivity contribution in [2.75, 3.05) is 6.61 Å². The monoisotopic (exact) mass is 260 g/mol. The van der Waals surface area contributed by atoms with E-state index in [4.69, 9.17) is 10.5 Å². The van der Waals surface area contributed by atoms with Crippen molar-refractivity contribution in [3.63, 3.8) is 0 Å². The van der Waals surface area contributed by atoms with Crippen LogP contribution >= 0.6 is 0 Å². The van der Waals surface area contributed by atoms with Crippen LogP contribution in [0, 0.1) is 5.92 Å². The molecule has 2 rings (SSSR count). The van der Waals surface area contributed by atoms with Crippen LogP contribution in [0.4, 0.5) is 0 Å². The minimum absolute atomic E-state index is 0.184. The second-order valence-corrected chi connectivity index (χ2v) is 4.81. The van der Waals surface area contributed by atoms with E-state index < -0.39 is 0 Å². The summed E-state index contributed by atoms with van der Waals surface area (Å²) in [4.78, 5) is 11.2. The summed E-state index contributed by atoms with van der Waals surface area (Å²) in [5.41, 5.74) is 6.39. The van der Waals surface area contributed by atoms with E-state index >= 15 is 0 Å². The molecule has 1 aromatic heterocycles. The number of ether oxygens (including phenoxy) is 1. The Labute approximate surface area is 113 Å². The highest BCUT2D eigenvalue weighted by Crippen LogP contribution is 2.27. The molecule has 0 aliphatic heterocycles. The topological polar surface area (TPSA) is 57.2 Å². The highest BCUT2D eigenvalue weighted by atomic mass is 16.5. The lowest BCUT2D eigenvalue weighted by Gasteiger charge is -2.11. The first-order valence-electron chi connectivity index (χ1n) is 6.63. The van der Waals surface area contributed by atoms with Crippen LogP contribution in [0.25, 0.3) is 10.9 Å². The summed E-state index contributed by atoms with van der Waals surface area (Å²) in [5, 5.41) is 1.08. The second kappa shape index (κ2) is 5.78. The molecular formula is C15H20N2O2. The quantitative estimate of drug-likeness (QED) is 0.867. The van der Waals surface area contributed by atoms with Gasteiger partial charge in [-0.15, -0.1) is 0 Å². The standard InChI is InChI=1S/C15H20N2O2/c1-3-9-19-14-6-4-5-13-12(14)7-8-17(13)10-11(2)15(16)18/h4-8,11H,3,9-10H2,1-2H3,(H2,16,18). The van der Waals surface area contributed by atoms with Gasteiger partial charge in [-0.05, 0) is 24.6 Å². The summed E-state index contributed by atoms with van der Waals surface area (Å²) in [6, 6.07) is 7.99. The molecule has 0 bridgehead atoms. The van der Waals surface area contributed by atoms with Gasteiger partial charge in [-0.1, -0.05) is 19.9 Å². The average Bonchev–Trinajstić information content (AvgIpc) is 2.80. The van der Waals surface area contributed by atoms with Gasteiger partial charge in [0.25, 0.3) is 0 Å². The zero-order valence-electron chi connectivity index (χ0n) is 11.4. The first-order chi connectivity index (χ1) is 9.13. The smallest absolute Gasteiger partial charge is 0.222 e. The van der Waals surface area contributed by atoms with Gasteiger partial charge in [-0.2, -0.15) is 0 Å². The van der Waals surface area contributed by atoms with Crippen LogP contribution in [0.2, 0.25) is 0 Å². The van der Waals surface area contributed by atoms with Gasteiger partial charge in [-0.3, -0.25) is 4.79 Å². The molecule has 1 aromatic carbocycles. The molecule has 1 amide bonds. The van der Waals surface area contributed by atoms with Crippen LogP contribution in [0.1, 0.15) is 20.3 Å². The van der Waals surface area contributed by atoms with Crippen LogP contribution < -0.4 is 10.5 Å². The normalized spacial score (nSPS) is 12.5. The van der Waals surface area contributed by atoms with Gasteiger partial charge in [0.1, 0.15) is 5.75 Å². The zero-order chi connectivity index (χ0) is 13.8. The minimum atomic E-state index is -0.278. The van der Waals surface area contributed by atoms with E-state index in [2.05, 4.69) is 6.92 Å². The van der Waals surface area contributed by atoms with Crippen LogP contribution in [0.15, 0.2) is 30.5 Å². The lowest BCUT2D eigenvalue weighted by molar-refractivity contribution is -0.121. The Kier molecular flexibility index (Phi) is 4.10. The summed E-state index contributed by atoms with van der Waals surface area (Å²) < 4.78 is 7.77. The van der Waals surface area contributed by atoms with Crippen molar-refractivity contribution in [1.82, 2.24) is 4.57 Å². The van der Waals surface area contributed by atoms with Crippen molar-refractivity contribution in [2.24, 2.45) is 11.7 Å². The Balaban J connectivity index is 2.30. The van der Waals surface area contributed by atoms with Crippen molar-refractivity contribution in [3.05, 3.63) is 30.5 Å². The van der Waals surface area contributed by atoms with E-state index in [1.54, 1.807) is 0 Å². The number of aromatic nitrogens is 1. The number of fused-ring (bicyclic) bond motifs is 1. The van der Waals surface area contributed by atoms with Crippen LogP contribution in [-0.2, 0) is 11.3 Å². The molecule has 0 aliphatic rings. The minimum Gasteiger partial charge on any atom is -0.493 e. The summed E-state index contributed by atoms with van der Waals surface area (Å²) in [6.45, 7) is 5.23. The number of carbonyl (C=O) groups excluding carboxylic acids is 1. The molecule has 1 unspecified atom stereocenters. The number of nitrogens with zero attached hydrogens (tertiary/aromatic N) is 1. The number of rotatable bonds is 6. The molecule has 0 saturated heterocycles. The Morgan fingerprint density at radius 1 is 1.42 bits per heavy atom. The molecule has 0 aliphatic carbocycles. The molecule has 1 atom stereocenters. The third-order valence-electron chi connectivity index (χ3n) is 3.19. The molecule has 2 N–H and O–H groups in total. The fourth-order valence-electron chi connectivity index (χ4n) is 2.08. The Morgan fingerprint density at radius 3 is 2.89 bits per heavy atom. The molecule has 0 radical (unpaired) electrons. The fraction of sp³-hybridized carbons (Fsp3) is 0.400. The van der Waals surface area contributed by atoms with E-state index in [1.807, 2.05) is 42.0 Å². The molecule has 1 heterocycles. The number of primary amides is 1. The molecule has 102 valence electrons. The number of hydrogen-bond acceptors (Lipinski definition) is 2. The van der Waals surface area contributed by atoms with Crippen molar-refractivity contribution in [3.8, 4) is 5.75 Å². The SMILES string of the molecule is CCCOc1cccc2c1ccn2CC(C)C(N)=O. The molecule has 19 heavy (non-hydrogen) atoms. The number of carbonyl (C=O) groups is 1. The highest BCUT2D eigenvalue weighted by molar-refractivity contribution is 5.86. The lowest BCUT2D eigenvalue weighted by Crippen LogP contribution is -2.24. The number of hydrogen-bond donors (Lipinski definition) is 1. The Bertz CT molecular complexity index is 575. The van der Waals surface area contributed by atoms with Gasteiger partial charge < -0.3 is 15.0 Å². The van der Waals surface area contributed by atoms with Crippen molar-refractivity contribution >= 4 is 16.8 Å². The molecule has 0 saturated carbocycles. The summed E-state index contributed by atoms with van der Waals surface area (Å²) in [6.07, 6.45) is 2.96. The van der Waals surface area contributed by atoms with Crippen molar-refractivity contribution in [1.29, 1.82) is 0 Å². The van der Waals surface area contributed by atoms with Crippen molar-refractivity contribution < 1.29 is 9.53 Å². The Morgan fingerprint density at radius 2 is 2.21 bits per heavy atom.